The first-order chi connectivity index (χ1) is 14.4. The Hall–Kier alpha value is -2.49. The number of thiazole rings is 1. The monoisotopic (exact) mass is 445 g/mol. The van der Waals surface area contributed by atoms with Crippen LogP contribution in [0.25, 0.3) is 10.2 Å². The number of sulfonamides is 1. The molecule has 0 atom stereocenters. The number of fused-ring (bicyclic) bond motifs is 1. The van der Waals surface area contributed by atoms with Crippen LogP contribution in [0.4, 0.5) is 0 Å². The molecule has 0 spiro atoms. The molecule has 0 unspecified atom stereocenters. The van der Waals surface area contributed by atoms with Crippen molar-refractivity contribution in [2.75, 3.05) is 14.2 Å². The van der Waals surface area contributed by atoms with E-state index in [2.05, 4.69) is 4.99 Å². The van der Waals surface area contributed by atoms with Gasteiger partial charge in [-0.25, -0.2) is 8.42 Å². The van der Waals surface area contributed by atoms with Crippen LogP contribution in [0.5, 0.6) is 5.75 Å². The fraction of sp³-hybridized carbons (Fsp3) is 0.333. The molecule has 1 fully saturated rings. The molecule has 1 aliphatic carbocycles. The highest BCUT2D eigenvalue weighted by Crippen LogP contribution is 2.30. The van der Waals surface area contributed by atoms with Gasteiger partial charge < -0.3 is 9.30 Å². The van der Waals surface area contributed by atoms with Crippen molar-refractivity contribution in [3.8, 4) is 5.75 Å². The number of hydrogen-bond acceptors (Lipinski definition) is 5. The van der Waals surface area contributed by atoms with Crippen LogP contribution < -0.4 is 9.54 Å². The summed E-state index contributed by atoms with van der Waals surface area (Å²) in [6.07, 6.45) is 1.78. The third kappa shape index (κ3) is 3.68. The van der Waals surface area contributed by atoms with Crippen LogP contribution in [-0.2, 0) is 16.6 Å². The first-order valence-electron chi connectivity index (χ1n) is 9.70. The van der Waals surface area contributed by atoms with Crippen LogP contribution >= 0.6 is 11.3 Å². The zero-order chi connectivity index (χ0) is 21.5. The van der Waals surface area contributed by atoms with E-state index >= 15 is 0 Å². The molecule has 1 aromatic heterocycles. The van der Waals surface area contributed by atoms with Gasteiger partial charge in [-0.1, -0.05) is 17.4 Å². The van der Waals surface area contributed by atoms with Crippen LogP contribution in [0.15, 0.2) is 52.4 Å². The number of ether oxygens (including phenoxy) is 1. The lowest BCUT2D eigenvalue weighted by Gasteiger charge is -2.16. The third-order valence-corrected chi connectivity index (χ3v) is 8.20. The summed E-state index contributed by atoms with van der Waals surface area (Å²) >= 11 is 1.42. The molecule has 1 saturated carbocycles. The average Bonchev–Trinajstić information content (AvgIpc) is 3.54. The zero-order valence-electron chi connectivity index (χ0n) is 17.0. The second kappa shape index (κ2) is 7.98. The van der Waals surface area contributed by atoms with Gasteiger partial charge in [0.25, 0.3) is 5.91 Å². The van der Waals surface area contributed by atoms with Crippen molar-refractivity contribution in [1.82, 2.24) is 8.87 Å². The second-order valence-electron chi connectivity index (χ2n) is 7.13. The van der Waals surface area contributed by atoms with E-state index in [9.17, 15) is 13.2 Å². The van der Waals surface area contributed by atoms with Crippen molar-refractivity contribution in [2.45, 2.75) is 37.2 Å². The van der Waals surface area contributed by atoms with Crippen molar-refractivity contribution in [1.29, 1.82) is 0 Å². The van der Waals surface area contributed by atoms with Crippen molar-refractivity contribution in [2.24, 2.45) is 4.99 Å². The number of rotatable bonds is 6. The maximum Gasteiger partial charge on any atom is 0.279 e. The maximum atomic E-state index is 12.8. The van der Waals surface area contributed by atoms with Crippen LogP contribution in [0, 0.1) is 0 Å². The Kier molecular flexibility index (Phi) is 5.52. The number of methoxy groups -OCH3 is 1. The molecule has 1 aliphatic rings. The maximum absolute atomic E-state index is 12.8. The van der Waals surface area contributed by atoms with E-state index in [1.165, 1.54) is 39.9 Å². The number of carbonyl (C=O) groups excluding carboxylic acids is 1. The molecule has 1 amide bonds. The quantitative estimate of drug-likeness (QED) is 0.583. The topological polar surface area (TPSA) is 81.0 Å². The van der Waals surface area contributed by atoms with Gasteiger partial charge >= 0.3 is 0 Å². The summed E-state index contributed by atoms with van der Waals surface area (Å²) in [7, 11) is -0.324. The van der Waals surface area contributed by atoms with Gasteiger partial charge in [0.05, 0.1) is 16.7 Å². The van der Waals surface area contributed by atoms with Crippen LogP contribution in [-0.4, -0.2) is 43.4 Å². The molecule has 0 saturated heterocycles. The predicted octanol–water partition coefficient (Wildman–Crippen LogP) is 3.26. The standard InChI is InChI=1S/C21H23N3O4S2/c1-4-24-19-17(28-3)6-5-7-18(19)29-21(24)22-20(25)14-8-12-16(13-9-14)30(26,27)23(2)15-10-11-15/h5-9,12-13,15H,4,10-11H2,1-3H3. The van der Waals surface area contributed by atoms with Crippen molar-refractivity contribution in [3.63, 3.8) is 0 Å². The predicted molar refractivity (Wildman–Crippen MR) is 116 cm³/mol. The van der Waals surface area contributed by atoms with E-state index in [1.807, 2.05) is 29.7 Å². The number of amides is 1. The lowest BCUT2D eigenvalue weighted by Crippen LogP contribution is -2.28. The van der Waals surface area contributed by atoms with Gasteiger partial charge in [-0.3, -0.25) is 4.79 Å². The van der Waals surface area contributed by atoms with E-state index in [4.69, 9.17) is 4.74 Å². The molecule has 2 aromatic carbocycles. The average molecular weight is 446 g/mol. The minimum absolute atomic E-state index is 0.0840. The van der Waals surface area contributed by atoms with Crippen LogP contribution in [0.1, 0.15) is 30.1 Å². The number of hydrogen-bond donors (Lipinski definition) is 0. The van der Waals surface area contributed by atoms with Gasteiger partial charge in [0.2, 0.25) is 10.0 Å². The Balaban J connectivity index is 1.68. The SMILES string of the molecule is CCn1c(=NC(=O)c2ccc(S(=O)(=O)N(C)C3CC3)cc2)sc2cccc(OC)c21. The Labute approximate surface area is 179 Å². The summed E-state index contributed by atoms with van der Waals surface area (Å²) in [5.41, 5.74) is 1.25. The van der Waals surface area contributed by atoms with Crippen molar-refractivity contribution in [3.05, 3.63) is 52.8 Å². The molecular weight excluding hydrogens is 422 g/mol. The molecule has 0 aliphatic heterocycles. The highest BCUT2D eigenvalue weighted by Gasteiger charge is 2.35. The molecule has 3 aromatic rings. The number of nitrogens with zero attached hydrogens (tertiary/aromatic N) is 3. The summed E-state index contributed by atoms with van der Waals surface area (Å²) in [4.78, 5) is 17.8. The minimum Gasteiger partial charge on any atom is -0.495 e. The fourth-order valence-corrected chi connectivity index (χ4v) is 5.89. The van der Waals surface area contributed by atoms with E-state index in [1.54, 1.807) is 14.2 Å². The molecule has 9 heteroatoms. The highest BCUT2D eigenvalue weighted by atomic mass is 32.2. The van der Waals surface area contributed by atoms with E-state index in [0.717, 1.165) is 28.8 Å². The fourth-order valence-electron chi connectivity index (χ4n) is 3.36. The van der Waals surface area contributed by atoms with E-state index in [0.29, 0.717) is 16.9 Å². The van der Waals surface area contributed by atoms with Crippen LogP contribution in [0.3, 0.4) is 0 Å². The Morgan fingerprint density at radius 1 is 1.23 bits per heavy atom. The normalized spacial score (nSPS) is 15.1. The molecule has 4 rings (SSSR count). The van der Waals surface area contributed by atoms with Gasteiger partial charge in [0.15, 0.2) is 4.80 Å². The van der Waals surface area contributed by atoms with Gasteiger partial charge in [0, 0.05) is 25.2 Å². The summed E-state index contributed by atoms with van der Waals surface area (Å²) in [6.45, 7) is 2.62. The first kappa shape index (κ1) is 20.8. The zero-order valence-corrected chi connectivity index (χ0v) is 18.7. The third-order valence-electron chi connectivity index (χ3n) is 5.24. The number of para-hydroxylation sites is 1. The Bertz CT molecular complexity index is 1270. The number of aryl methyl sites for hydroxylation is 1. The van der Waals surface area contributed by atoms with Crippen molar-refractivity contribution < 1.29 is 17.9 Å². The molecule has 158 valence electrons. The molecular formula is C21H23N3O4S2. The largest absolute Gasteiger partial charge is 0.495 e. The summed E-state index contributed by atoms with van der Waals surface area (Å²) in [5, 5.41) is 0. The van der Waals surface area contributed by atoms with Gasteiger partial charge in [0.1, 0.15) is 11.3 Å². The summed E-state index contributed by atoms with van der Waals surface area (Å²) < 4.78 is 35.1. The lowest BCUT2D eigenvalue weighted by atomic mass is 10.2. The van der Waals surface area contributed by atoms with Gasteiger partial charge in [-0.2, -0.15) is 9.30 Å². The van der Waals surface area contributed by atoms with Gasteiger partial charge in [-0.05, 0) is 56.2 Å². The van der Waals surface area contributed by atoms with E-state index in [-0.39, 0.29) is 10.9 Å². The molecule has 30 heavy (non-hydrogen) atoms. The first-order valence-corrected chi connectivity index (χ1v) is 12.0. The summed E-state index contributed by atoms with van der Waals surface area (Å²) in [5.74, 6) is 0.316. The highest BCUT2D eigenvalue weighted by molar-refractivity contribution is 7.89. The number of aromatic nitrogens is 1. The number of carbonyl (C=O) groups is 1. The Morgan fingerprint density at radius 2 is 1.93 bits per heavy atom. The second-order valence-corrected chi connectivity index (χ2v) is 10.1. The minimum atomic E-state index is -3.54. The molecule has 7 nitrogen and oxygen atoms in total. The molecule has 0 N–H and O–H groups in total. The van der Waals surface area contributed by atoms with Gasteiger partial charge in [-0.15, -0.1) is 0 Å². The molecule has 0 radical (unpaired) electrons. The number of benzene rings is 2. The lowest BCUT2D eigenvalue weighted by molar-refractivity contribution is 0.0997. The van der Waals surface area contributed by atoms with Crippen molar-refractivity contribution >= 4 is 37.5 Å². The molecule has 0 bridgehead atoms. The molecule has 1 heterocycles. The summed E-state index contributed by atoms with van der Waals surface area (Å²) in [6, 6.07) is 11.8. The Morgan fingerprint density at radius 3 is 2.53 bits per heavy atom. The smallest absolute Gasteiger partial charge is 0.279 e. The van der Waals surface area contributed by atoms with E-state index < -0.39 is 15.9 Å². The van der Waals surface area contributed by atoms with Crippen LogP contribution in [0.2, 0.25) is 0 Å².